The topological polar surface area (TPSA) is 59.4 Å². The van der Waals surface area contributed by atoms with Gasteiger partial charge < -0.3 is 15.1 Å². The van der Waals surface area contributed by atoms with Crippen molar-refractivity contribution in [1.29, 1.82) is 5.26 Å². The molecule has 1 atom stereocenters. The smallest absolute Gasteiger partial charge is 0.317 e. The standard InChI is InChI=1S/C13H13ClN4O/c14-11-5-9(6-15)1-2-12(11)17-3-4-18-10(8-17)7-16-13(18)19/h1-2,5,10H,3-4,7-8H2,(H,16,19). The number of hydrogen-bond acceptors (Lipinski definition) is 3. The van der Waals surface area contributed by atoms with Gasteiger partial charge in [0.25, 0.3) is 0 Å². The number of anilines is 1. The lowest BCUT2D eigenvalue weighted by Crippen LogP contribution is -2.52. The predicted molar refractivity (Wildman–Crippen MR) is 72.3 cm³/mol. The second kappa shape index (κ2) is 4.63. The van der Waals surface area contributed by atoms with Gasteiger partial charge in [0.05, 0.1) is 28.4 Å². The maximum Gasteiger partial charge on any atom is 0.317 e. The zero-order valence-electron chi connectivity index (χ0n) is 10.3. The number of amides is 2. The summed E-state index contributed by atoms with van der Waals surface area (Å²) in [6.07, 6.45) is 0. The lowest BCUT2D eigenvalue weighted by Gasteiger charge is -2.38. The number of nitriles is 1. The van der Waals surface area contributed by atoms with E-state index in [4.69, 9.17) is 16.9 Å². The largest absolute Gasteiger partial charge is 0.366 e. The predicted octanol–water partition coefficient (Wildman–Crippen LogP) is 1.43. The van der Waals surface area contributed by atoms with E-state index in [0.29, 0.717) is 23.7 Å². The Kier molecular flexibility index (Phi) is 2.96. The van der Waals surface area contributed by atoms with Crippen LogP contribution in [0.5, 0.6) is 0 Å². The Labute approximate surface area is 116 Å². The molecule has 3 rings (SSSR count). The fraction of sp³-hybridized carbons (Fsp3) is 0.385. The quantitative estimate of drug-likeness (QED) is 0.844. The molecule has 2 aliphatic rings. The van der Waals surface area contributed by atoms with Crippen molar-refractivity contribution in [1.82, 2.24) is 10.2 Å². The highest BCUT2D eigenvalue weighted by Crippen LogP contribution is 2.29. The van der Waals surface area contributed by atoms with Gasteiger partial charge in [-0.25, -0.2) is 4.79 Å². The molecule has 5 nitrogen and oxygen atoms in total. The lowest BCUT2D eigenvalue weighted by atomic mass is 10.1. The van der Waals surface area contributed by atoms with Crippen LogP contribution in [-0.2, 0) is 0 Å². The third-order valence-electron chi connectivity index (χ3n) is 3.65. The Bertz CT molecular complexity index is 568. The van der Waals surface area contributed by atoms with E-state index in [1.807, 2.05) is 11.0 Å². The van der Waals surface area contributed by atoms with Crippen molar-refractivity contribution in [3.63, 3.8) is 0 Å². The Morgan fingerprint density at radius 3 is 3.00 bits per heavy atom. The number of nitrogens with one attached hydrogen (secondary N) is 1. The fourth-order valence-corrected chi connectivity index (χ4v) is 2.96. The first-order valence-electron chi connectivity index (χ1n) is 6.18. The number of fused-ring (bicyclic) bond motifs is 1. The Morgan fingerprint density at radius 2 is 2.26 bits per heavy atom. The molecule has 1 aromatic rings. The second-order valence-corrected chi connectivity index (χ2v) is 5.16. The molecule has 0 bridgehead atoms. The number of urea groups is 1. The van der Waals surface area contributed by atoms with Crippen molar-refractivity contribution in [2.75, 3.05) is 31.1 Å². The van der Waals surface area contributed by atoms with Crippen LogP contribution in [0.15, 0.2) is 18.2 Å². The van der Waals surface area contributed by atoms with Crippen molar-refractivity contribution < 1.29 is 4.79 Å². The van der Waals surface area contributed by atoms with Crippen LogP contribution in [0, 0.1) is 11.3 Å². The molecule has 19 heavy (non-hydrogen) atoms. The molecule has 0 aliphatic carbocycles. The highest BCUT2D eigenvalue weighted by molar-refractivity contribution is 6.33. The van der Waals surface area contributed by atoms with Crippen LogP contribution in [0.1, 0.15) is 5.56 Å². The normalized spacial score (nSPS) is 21.9. The molecule has 2 heterocycles. The summed E-state index contributed by atoms with van der Waals surface area (Å²) in [6, 6.07) is 7.63. The van der Waals surface area contributed by atoms with E-state index in [9.17, 15) is 4.79 Å². The Balaban J connectivity index is 1.81. The van der Waals surface area contributed by atoms with Crippen LogP contribution in [0.3, 0.4) is 0 Å². The van der Waals surface area contributed by atoms with Gasteiger partial charge in [0.15, 0.2) is 0 Å². The van der Waals surface area contributed by atoms with E-state index in [0.717, 1.165) is 18.8 Å². The van der Waals surface area contributed by atoms with Crippen molar-refractivity contribution in [2.45, 2.75) is 6.04 Å². The summed E-state index contributed by atoms with van der Waals surface area (Å²) in [5.74, 6) is 0. The molecule has 0 radical (unpaired) electrons. The third kappa shape index (κ3) is 2.08. The van der Waals surface area contributed by atoms with Gasteiger partial charge in [-0.2, -0.15) is 5.26 Å². The molecule has 1 aromatic carbocycles. The molecule has 0 aromatic heterocycles. The van der Waals surface area contributed by atoms with Gasteiger partial charge in [-0.05, 0) is 18.2 Å². The van der Waals surface area contributed by atoms with Gasteiger partial charge in [-0.1, -0.05) is 11.6 Å². The van der Waals surface area contributed by atoms with E-state index < -0.39 is 0 Å². The number of benzene rings is 1. The Hall–Kier alpha value is -1.93. The van der Waals surface area contributed by atoms with Crippen LogP contribution >= 0.6 is 11.6 Å². The maximum atomic E-state index is 11.5. The van der Waals surface area contributed by atoms with Crippen LogP contribution in [0.25, 0.3) is 0 Å². The SMILES string of the molecule is N#Cc1ccc(N2CCN3C(=O)NCC3C2)c(Cl)c1. The number of piperazine rings is 1. The minimum atomic E-state index is 0.0237. The molecule has 1 N–H and O–H groups in total. The zero-order chi connectivity index (χ0) is 13.4. The van der Waals surface area contributed by atoms with Crippen LogP contribution in [0.2, 0.25) is 5.02 Å². The highest BCUT2D eigenvalue weighted by Gasteiger charge is 2.35. The van der Waals surface area contributed by atoms with E-state index >= 15 is 0 Å². The minimum absolute atomic E-state index is 0.0237. The first-order valence-corrected chi connectivity index (χ1v) is 6.56. The number of carbonyl (C=O) groups excluding carboxylic acids is 1. The average Bonchev–Trinajstić information content (AvgIpc) is 2.79. The lowest BCUT2D eigenvalue weighted by molar-refractivity contribution is 0.197. The summed E-state index contributed by atoms with van der Waals surface area (Å²) in [7, 11) is 0. The number of nitrogens with zero attached hydrogens (tertiary/aromatic N) is 3. The number of hydrogen-bond donors (Lipinski definition) is 1. The van der Waals surface area contributed by atoms with E-state index in [2.05, 4.69) is 16.3 Å². The molecule has 2 fully saturated rings. The van der Waals surface area contributed by atoms with E-state index in [-0.39, 0.29) is 12.1 Å². The van der Waals surface area contributed by atoms with E-state index in [1.165, 1.54) is 0 Å². The summed E-state index contributed by atoms with van der Waals surface area (Å²) in [4.78, 5) is 15.6. The molecule has 2 saturated heterocycles. The van der Waals surface area contributed by atoms with Crippen LogP contribution in [-0.4, -0.2) is 43.2 Å². The molecule has 98 valence electrons. The molecular weight excluding hydrogens is 264 g/mol. The van der Waals surface area contributed by atoms with Crippen molar-refractivity contribution in [2.24, 2.45) is 0 Å². The first-order chi connectivity index (χ1) is 9.19. The number of carbonyl (C=O) groups is 1. The summed E-state index contributed by atoms with van der Waals surface area (Å²) >= 11 is 6.22. The number of halogens is 1. The molecule has 0 saturated carbocycles. The van der Waals surface area contributed by atoms with Crippen LogP contribution < -0.4 is 10.2 Å². The van der Waals surface area contributed by atoms with Crippen molar-refractivity contribution in [3.8, 4) is 6.07 Å². The molecule has 2 amide bonds. The van der Waals surface area contributed by atoms with Gasteiger partial charge >= 0.3 is 6.03 Å². The fourth-order valence-electron chi connectivity index (χ4n) is 2.66. The molecule has 6 heteroatoms. The van der Waals surface area contributed by atoms with Crippen molar-refractivity contribution >= 4 is 23.3 Å². The maximum absolute atomic E-state index is 11.5. The second-order valence-electron chi connectivity index (χ2n) is 4.76. The Morgan fingerprint density at radius 1 is 1.42 bits per heavy atom. The summed E-state index contributed by atoms with van der Waals surface area (Å²) in [5, 5.41) is 12.3. The molecular formula is C13H13ClN4O. The van der Waals surface area contributed by atoms with Crippen LogP contribution in [0.4, 0.5) is 10.5 Å². The van der Waals surface area contributed by atoms with Gasteiger partial charge in [0.1, 0.15) is 0 Å². The van der Waals surface area contributed by atoms with Crippen molar-refractivity contribution in [3.05, 3.63) is 28.8 Å². The monoisotopic (exact) mass is 276 g/mol. The van der Waals surface area contributed by atoms with Gasteiger partial charge in [0.2, 0.25) is 0 Å². The van der Waals surface area contributed by atoms with Gasteiger partial charge in [0, 0.05) is 26.2 Å². The molecule has 0 spiro atoms. The third-order valence-corrected chi connectivity index (χ3v) is 3.95. The van der Waals surface area contributed by atoms with Gasteiger partial charge in [-0.15, -0.1) is 0 Å². The summed E-state index contributed by atoms with van der Waals surface area (Å²) in [6.45, 7) is 2.91. The minimum Gasteiger partial charge on any atom is -0.366 e. The average molecular weight is 277 g/mol. The zero-order valence-corrected chi connectivity index (χ0v) is 11.0. The van der Waals surface area contributed by atoms with E-state index in [1.54, 1.807) is 12.1 Å². The molecule has 2 aliphatic heterocycles. The first kappa shape index (κ1) is 12.1. The summed E-state index contributed by atoms with van der Waals surface area (Å²) in [5.41, 5.74) is 1.49. The molecule has 1 unspecified atom stereocenters. The number of rotatable bonds is 1. The summed E-state index contributed by atoms with van der Waals surface area (Å²) < 4.78 is 0. The van der Waals surface area contributed by atoms with Gasteiger partial charge in [-0.3, -0.25) is 0 Å². The highest BCUT2D eigenvalue weighted by atomic mass is 35.5.